The number of sulfonamides is 1. The molecular weight excluding hydrogens is 248 g/mol. The van der Waals surface area contributed by atoms with Gasteiger partial charge in [0.25, 0.3) is 0 Å². The summed E-state index contributed by atoms with van der Waals surface area (Å²) in [4.78, 5) is 11.2. The first-order chi connectivity index (χ1) is 7.88. The number of carbonyl (C=O) groups excluding carboxylic acids is 1. The van der Waals surface area contributed by atoms with Crippen LogP contribution in [-0.4, -0.2) is 68.4 Å². The third-order valence-corrected chi connectivity index (χ3v) is 4.41. The number of carbonyl (C=O) groups is 1. The number of nitrogens with zero attached hydrogens (tertiary/aromatic N) is 1. The molecule has 0 radical (unpaired) electrons. The van der Waals surface area contributed by atoms with Crippen molar-refractivity contribution in [3.63, 3.8) is 0 Å². The Labute approximate surface area is 101 Å². The third-order valence-electron chi connectivity index (χ3n) is 2.66. The molecule has 0 bridgehead atoms. The van der Waals surface area contributed by atoms with Gasteiger partial charge in [-0.05, 0) is 6.92 Å². The molecule has 7 nitrogen and oxygen atoms in total. The van der Waals surface area contributed by atoms with Gasteiger partial charge in [-0.2, -0.15) is 4.31 Å². The fraction of sp³-hybridized carbons (Fsp3) is 0.889. The summed E-state index contributed by atoms with van der Waals surface area (Å²) in [5.41, 5.74) is 0. The van der Waals surface area contributed by atoms with Crippen LogP contribution >= 0.6 is 0 Å². The highest BCUT2D eigenvalue weighted by atomic mass is 32.2. The van der Waals surface area contributed by atoms with Crippen LogP contribution in [0.3, 0.4) is 0 Å². The molecule has 0 amide bonds. The van der Waals surface area contributed by atoms with Crippen molar-refractivity contribution in [2.45, 2.75) is 19.1 Å². The molecule has 0 saturated carbocycles. The molecule has 100 valence electrons. The maximum Gasteiger partial charge on any atom is 0.322 e. The van der Waals surface area contributed by atoms with Crippen LogP contribution in [0.2, 0.25) is 0 Å². The summed E-state index contributed by atoms with van der Waals surface area (Å²) in [6.07, 6.45) is -0.753. The van der Waals surface area contributed by atoms with E-state index in [4.69, 9.17) is 0 Å². The number of likely N-dealkylation sites (N-methyl/N-ethyl adjacent to an activating group) is 1. The van der Waals surface area contributed by atoms with Crippen molar-refractivity contribution < 1.29 is 23.1 Å². The van der Waals surface area contributed by atoms with Crippen LogP contribution in [0, 0.1) is 0 Å². The molecule has 1 heterocycles. The van der Waals surface area contributed by atoms with Gasteiger partial charge in [0, 0.05) is 20.1 Å². The van der Waals surface area contributed by atoms with Crippen LogP contribution in [0.5, 0.6) is 0 Å². The summed E-state index contributed by atoms with van der Waals surface area (Å²) in [6, 6.07) is -0.533. The highest BCUT2D eigenvalue weighted by Crippen LogP contribution is 2.12. The van der Waals surface area contributed by atoms with Gasteiger partial charge >= 0.3 is 5.97 Å². The Kier molecular flexibility index (Phi) is 4.87. The molecule has 2 atom stereocenters. The lowest BCUT2D eigenvalue weighted by Gasteiger charge is -2.25. The van der Waals surface area contributed by atoms with Crippen LogP contribution in [0.15, 0.2) is 0 Å². The van der Waals surface area contributed by atoms with E-state index in [0.29, 0.717) is 13.1 Å². The number of aliphatic hydroxyl groups is 1. The molecule has 0 aromatic rings. The second kappa shape index (κ2) is 5.76. The summed E-state index contributed by atoms with van der Waals surface area (Å²) in [5, 5.41) is 12.5. The van der Waals surface area contributed by atoms with Gasteiger partial charge < -0.3 is 15.2 Å². The normalized spacial score (nSPS) is 25.2. The predicted molar refractivity (Wildman–Crippen MR) is 60.8 cm³/mol. The highest BCUT2D eigenvalue weighted by molar-refractivity contribution is 7.89. The average molecular weight is 266 g/mol. The molecule has 1 aliphatic heterocycles. The maximum atomic E-state index is 11.8. The average Bonchev–Trinajstić information content (AvgIpc) is 2.62. The molecule has 2 N–H and O–H groups in total. The molecule has 0 unspecified atom stereocenters. The number of hydrogen-bond acceptors (Lipinski definition) is 6. The molecule has 17 heavy (non-hydrogen) atoms. The van der Waals surface area contributed by atoms with Gasteiger partial charge in [0.2, 0.25) is 10.0 Å². The monoisotopic (exact) mass is 266 g/mol. The zero-order valence-electron chi connectivity index (χ0n) is 9.92. The van der Waals surface area contributed by atoms with Gasteiger partial charge in [0.15, 0.2) is 5.75 Å². The minimum Gasteiger partial charge on any atom is -0.465 e. The van der Waals surface area contributed by atoms with E-state index < -0.39 is 33.9 Å². The van der Waals surface area contributed by atoms with E-state index in [1.165, 1.54) is 7.05 Å². The molecule has 8 heteroatoms. The number of esters is 1. The number of β-amino-alcohol motifs (C(OH)–C–C–N with tert-alkyl or cyclic N) is 1. The fourth-order valence-corrected chi connectivity index (χ4v) is 2.89. The van der Waals surface area contributed by atoms with E-state index >= 15 is 0 Å². The molecule has 1 saturated heterocycles. The largest absolute Gasteiger partial charge is 0.465 e. The first kappa shape index (κ1) is 14.4. The quantitative estimate of drug-likeness (QED) is 0.567. The second-order valence-electron chi connectivity index (χ2n) is 3.87. The van der Waals surface area contributed by atoms with Crippen LogP contribution in [0.25, 0.3) is 0 Å². The van der Waals surface area contributed by atoms with E-state index in [0.717, 1.165) is 4.31 Å². The summed E-state index contributed by atoms with van der Waals surface area (Å²) in [7, 11) is -2.38. The Balaban J connectivity index is 2.66. The molecule has 0 aromatic carbocycles. The Morgan fingerprint density at radius 2 is 2.18 bits per heavy atom. The van der Waals surface area contributed by atoms with E-state index in [2.05, 4.69) is 10.1 Å². The van der Waals surface area contributed by atoms with Gasteiger partial charge in [-0.25, -0.2) is 8.42 Å². The molecule has 1 aliphatic rings. The van der Waals surface area contributed by atoms with Gasteiger partial charge in [0.1, 0.15) is 0 Å². The van der Waals surface area contributed by atoms with Crippen molar-refractivity contribution >= 4 is 16.0 Å². The number of rotatable bonds is 5. The predicted octanol–water partition coefficient (Wildman–Crippen LogP) is -1.86. The highest BCUT2D eigenvalue weighted by Gasteiger charge is 2.36. The zero-order chi connectivity index (χ0) is 13.1. The molecule has 0 aliphatic carbocycles. The number of hydrogen-bond donors (Lipinski definition) is 2. The topological polar surface area (TPSA) is 95.9 Å². The number of ether oxygens (including phenoxy) is 1. The van der Waals surface area contributed by atoms with Crippen LogP contribution in [0.1, 0.15) is 6.92 Å². The van der Waals surface area contributed by atoms with Crippen molar-refractivity contribution in [2.24, 2.45) is 0 Å². The van der Waals surface area contributed by atoms with Crippen LogP contribution in [-0.2, 0) is 19.6 Å². The lowest BCUT2D eigenvalue weighted by Crippen LogP contribution is -2.46. The summed E-state index contributed by atoms with van der Waals surface area (Å²) >= 11 is 0. The van der Waals surface area contributed by atoms with Gasteiger partial charge in [-0.1, -0.05) is 0 Å². The summed E-state index contributed by atoms with van der Waals surface area (Å²) < 4.78 is 29.3. The molecular formula is C9H18N2O5S. The first-order valence-corrected chi connectivity index (χ1v) is 6.99. The van der Waals surface area contributed by atoms with Crippen molar-refractivity contribution in [2.75, 3.05) is 32.5 Å². The van der Waals surface area contributed by atoms with Crippen molar-refractivity contribution in [3.05, 3.63) is 0 Å². The van der Waals surface area contributed by atoms with Gasteiger partial charge in [-0.3, -0.25) is 4.79 Å². The maximum absolute atomic E-state index is 11.8. The smallest absolute Gasteiger partial charge is 0.322 e. The van der Waals surface area contributed by atoms with Gasteiger partial charge in [0.05, 0.1) is 18.8 Å². The van der Waals surface area contributed by atoms with E-state index in [-0.39, 0.29) is 6.61 Å². The van der Waals surface area contributed by atoms with Crippen molar-refractivity contribution in [3.8, 4) is 0 Å². The minimum absolute atomic E-state index is 0.145. The summed E-state index contributed by atoms with van der Waals surface area (Å²) in [5.74, 6) is -1.47. The Morgan fingerprint density at radius 3 is 2.65 bits per heavy atom. The van der Waals surface area contributed by atoms with Crippen molar-refractivity contribution in [1.82, 2.24) is 9.62 Å². The SMILES string of the molecule is CCOC(=O)CS(=O)(=O)N(C)[C@@H]1CNC[C@H]1O. The van der Waals surface area contributed by atoms with Gasteiger partial charge in [-0.15, -0.1) is 0 Å². The van der Waals surface area contributed by atoms with Crippen molar-refractivity contribution in [1.29, 1.82) is 0 Å². The Bertz CT molecular complexity index is 370. The fourth-order valence-electron chi connectivity index (χ4n) is 1.68. The molecule has 1 fully saturated rings. The van der Waals surface area contributed by atoms with E-state index in [1.807, 2.05) is 0 Å². The molecule has 1 rings (SSSR count). The molecule has 0 spiro atoms. The minimum atomic E-state index is -3.74. The Hall–Kier alpha value is -0.700. The number of aliphatic hydroxyl groups excluding tert-OH is 1. The third kappa shape index (κ3) is 3.63. The standard InChI is InChI=1S/C9H18N2O5S/c1-3-16-9(13)6-17(14,15)11(2)7-4-10-5-8(7)12/h7-8,10,12H,3-6H2,1-2H3/t7-,8-/m1/s1. The molecule has 0 aromatic heterocycles. The Morgan fingerprint density at radius 1 is 1.53 bits per heavy atom. The van der Waals surface area contributed by atoms with E-state index in [9.17, 15) is 18.3 Å². The lowest BCUT2D eigenvalue weighted by atomic mass is 10.2. The van der Waals surface area contributed by atoms with Crippen LogP contribution in [0.4, 0.5) is 0 Å². The van der Waals surface area contributed by atoms with Crippen LogP contribution < -0.4 is 5.32 Å². The zero-order valence-corrected chi connectivity index (χ0v) is 10.7. The lowest BCUT2D eigenvalue weighted by molar-refractivity contribution is -0.140. The first-order valence-electron chi connectivity index (χ1n) is 5.38. The summed E-state index contributed by atoms with van der Waals surface area (Å²) in [6.45, 7) is 2.48. The van der Waals surface area contributed by atoms with E-state index in [1.54, 1.807) is 6.92 Å². The number of nitrogens with one attached hydrogen (secondary N) is 1. The second-order valence-corrected chi connectivity index (χ2v) is 5.90.